The number of phenolic OH excluding ortho intramolecular Hbond substituents is 1. The fourth-order valence-electron chi connectivity index (χ4n) is 2.16. The average molecular weight is 272 g/mol. The van der Waals surface area contributed by atoms with Crippen molar-refractivity contribution in [1.82, 2.24) is 4.90 Å². The van der Waals surface area contributed by atoms with Crippen molar-refractivity contribution in [2.24, 2.45) is 0 Å². The zero-order chi connectivity index (χ0) is 14.5. The topological polar surface area (TPSA) is 58.7 Å². The molecule has 0 aromatic heterocycles. The van der Waals surface area contributed by atoms with E-state index in [2.05, 4.69) is 11.0 Å². The lowest BCUT2D eigenvalue weighted by atomic mass is 10.1. The van der Waals surface area contributed by atoms with Crippen LogP contribution < -0.4 is 10.5 Å². The highest BCUT2D eigenvalue weighted by Gasteiger charge is 2.07. The van der Waals surface area contributed by atoms with Crippen molar-refractivity contribution in [3.63, 3.8) is 0 Å². The van der Waals surface area contributed by atoms with Crippen LogP contribution in [0.1, 0.15) is 11.1 Å². The second-order valence-electron chi connectivity index (χ2n) is 4.91. The predicted octanol–water partition coefficient (Wildman–Crippen LogP) is 2.62. The summed E-state index contributed by atoms with van der Waals surface area (Å²) in [6.07, 6.45) is 0. The van der Waals surface area contributed by atoms with Crippen LogP contribution >= 0.6 is 0 Å². The van der Waals surface area contributed by atoms with E-state index in [-0.39, 0.29) is 5.75 Å². The molecular formula is C16H20N2O2. The van der Waals surface area contributed by atoms with Gasteiger partial charge in [0, 0.05) is 24.3 Å². The first-order chi connectivity index (χ1) is 9.58. The highest BCUT2D eigenvalue weighted by Crippen LogP contribution is 2.22. The number of anilines is 1. The molecule has 106 valence electrons. The first-order valence-corrected chi connectivity index (χ1v) is 6.47. The van der Waals surface area contributed by atoms with Crippen LogP contribution in [0.3, 0.4) is 0 Å². The molecule has 20 heavy (non-hydrogen) atoms. The Morgan fingerprint density at radius 3 is 2.70 bits per heavy atom. The fraction of sp³-hybridized carbons (Fsp3) is 0.250. The van der Waals surface area contributed by atoms with Crippen molar-refractivity contribution in [2.45, 2.75) is 13.1 Å². The Labute approximate surface area is 119 Å². The predicted molar refractivity (Wildman–Crippen MR) is 80.7 cm³/mol. The van der Waals surface area contributed by atoms with Gasteiger partial charge in [0.25, 0.3) is 0 Å². The molecule has 0 amide bonds. The third kappa shape index (κ3) is 3.65. The Kier molecular flexibility index (Phi) is 4.48. The number of nitrogens with zero attached hydrogens (tertiary/aromatic N) is 1. The van der Waals surface area contributed by atoms with Crippen molar-refractivity contribution >= 4 is 5.69 Å². The lowest BCUT2D eigenvalue weighted by Gasteiger charge is -2.18. The van der Waals surface area contributed by atoms with Crippen LogP contribution in [0.4, 0.5) is 5.69 Å². The summed E-state index contributed by atoms with van der Waals surface area (Å²) in [4.78, 5) is 2.11. The van der Waals surface area contributed by atoms with E-state index in [1.54, 1.807) is 25.3 Å². The molecule has 0 radical (unpaired) electrons. The molecular weight excluding hydrogens is 252 g/mol. The third-order valence-corrected chi connectivity index (χ3v) is 3.13. The van der Waals surface area contributed by atoms with Crippen molar-refractivity contribution in [3.05, 3.63) is 53.6 Å². The standard InChI is InChI=1S/C16H20N2O2/c1-18(10-12-4-3-5-15(8-12)20-2)11-13-9-14(17)6-7-16(13)19/h3-9,19H,10-11,17H2,1-2H3. The SMILES string of the molecule is COc1cccc(CN(C)Cc2cc(N)ccc2O)c1. The van der Waals surface area contributed by atoms with Crippen LogP contribution in [-0.4, -0.2) is 24.2 Å². The molecule has 3 N–H and O–H groups in total. The highest BCUT2D eigenvalue weighted by molar-refractivity contribution is 5.47. The Morgan fingerprint density at radius 1 is 1.15 bits per heavy atom. The number of nitrogen functional groups attached to an aromatic ring is 1. The molecule has 4 nitrogen and oxygen atoms in total. The molecule has 0 spiro atoms. The summed E-state index contributed by atoms with van der Waals surface area (Å²) < 4.78 is 5.21. The number of phenols is 1. The van der Waals surface area contributed by atoms with E-state index in [1.165, 1.54) is 0 Å². The maximum Gasteiger partial charge on any atom is 0.120 e. The second-order valence-corrected chi connectivity index (χ2v) is 4.91. The molecule has 0 aliphatic carbocycles. The first-order valence-electron chi connectivity index (χ1n) is 6.47. The van der Waals surface area contributed by atoms with Gasteiger partial charge in [-0.05, 0) is 42.9 Å². The minimum atomic E-state index is 0.275. The van der Waals surface area contributed by atoms with Gasteiger partial charge in [-0.25, -0.2) is 0 Å². The summed E-state index contributed by atoms with van der Waals surface area (Å²) in [5, 5.41) is 9.83. The zero-order valence-electron chi connectivity index (χ0n) is 11.8. The first kappa shape index (κ1) is 14.2. The lowest BCUT2D eigenvalue weighted by molar-refractivity contribution is 0.312. The van der Waals surface area contributed by atoms with Crippen LogP contribution in [0, 0.1) is 0 Å². The molecule has 0 heterocycles. The molecule has 0 fully saturated rings. The smallest absolute Gasteiger partial charge is 0.120 e. The summed E-state index contributed by atoms with van der Waals surface area (Å²) >= 11 is 0. The molecule has 0 aliphatic rings. The van der Waals surface area contributed by atoms with Gasteiger partial charge >= 0.3 is 0 Å². The van der Waals surface area contributed by atoms with Gasteiger partial charge in [-0.1, -0.05) is 12.1 Å². The largest absolute Gasteiger partial charge is 0.508 e. The van der Waals surface area contributed by atoms with Crippen LogP contribution in [0.2, 0.25) is 0 Å². The second kappa shape index (κ2) is 6.30. The maximum atomic E-state index is 9.83. The van der Waals surface area contributed by atoms with Gasteiger partial charge in [-0.15, -0.1) is 0 Å². The number of aromatic hydroxyl groups is 1. The van der Waals surface area contributed by atoms with Gasteiger partial charge in [-0.2, -0.15) is 0 Å². The van der Waals surface area contributed by atoms with E-state index in [1.807, 2.05) is 25.2 Å². The summed E-state index contributed by atoms with van der Waals surface area (Å²) in [5.41, 5.74) is 8.40. The summed E-state index contributed by atoms with van der Waals surface area (Å²) in [7, 11) is 3.66. The molecule has 0 aliphatic heterocycles. The normalized spacial score (nSPS) is 10.8. The van der Waals surface area contributed by atoms with Gasteiger partial charge in [-0.3, -0.25) is 4.90 Å². The monoisotopic (exact) mass is 272 g/mol. The quantitative estimate of drug-likeness (QED) is 0.649. The van der Waals surface area contributed by atoms with Gasteiger partial charge < -0.3 is 15.6 Å². The maximum absolute atomic E-state index is 9.83. The van der Waals surface area contributed by atoms with Crippen LogP contribution in [-0.2, 0) is 13.1 Å². The highest BCUT2D eigenvalue weighted by atomic mass is 16.5. The fourth-order valence-corrected chi connectivity index (χ4v) is 2.16. The molecule has 0 saturated heterocycles. The Bertz CT molecular complexity index is 584. The Morgan fingerprint density at radius 2 is 1.95 bits per heavy atom. The van der Waals surface area contributed by atoms with Gasteiger partial charge in [0.2, 0.25) is 0 Å². The third-order valence-electron chi connectivity index (χ3n) is 3.13. The zero-order valence-corrected chi connectivity index (χ0v) is 11.8. The Hall–Kier alpha value is -2.20. The van der Waals surface area contributed by atoms with Gasteiger partial charge in [0.1, 0.15) is 11.5 Å². The average Bonchev–Trinajstić information content (AvgIpc) is 2.43. The van der Waals surface area contributed by atoms with Crippen molar-refractivity contribution in [3.8, 4) is 11.5 Å². The van der Waals surface area contributed by atoms with Crippen LogP contribution in [0.5, 0.6) is 11.5 Å². The number of rotatable bonds is 5. The Balaban J connectivity index is 2.04. The van der Waals surface area contributed by atoms with Crippen molar-refractivity contribution < 1.29 is 9.84 Å². The summed E-state index contributed by atoms with van der Waals surface area (Å²) in [6.45, 7) is 1.40. The van der Waals surface area contributed by atoms with Gasteiger partial charge in [0.15, 0.2) is 0 Å². The molecule has 4 heteroatoms. The molecule has 0 bridgehead atoms. The van der Waals surface area contributed by atoms with E-state index in [0.29, 0.717) is 12.2 Å². The molecule has 2 rings (SSSR count). The molecule has 0 atom stereocenters. The number of hydrogen-bond acceptors (Lipinski definition) is 4. The number of hydrogen-bond donors (Lipinski definition) is 2. The van der Waals surface area contributed by atoms with E-state index >= 15 is 0 Å². The van der Waals surface area contributed by atoms with E-state index in [4.69, 9.17) is 10.5 Å². The van der Waals surface area contributed by atoms with Crippen molar-refractivity contribution in [1.29, 1.82) is 0 Å². The number of nitrogens with two attached hydrogens (primary N) is 1. The number of benzene rings is 2. The number of methoxy groups -OCH3 is 1. The van der Waals surface area contributed by atoms with Crippen molar-refractivity contribution in [2.75, 3.05) is 19.9 Å². The van der Waals surface area contributed by atoms with E-state index in [9.17, 15) is 5.11 Å². The molecule has 0 unspecified atom stereocenters. The van der Waals surface area contributed by atoms with Crippen LogP contribution in [0.25, 0.3) is 0 Å². The van der Waals surface area contributed by atoms with Gasteiger partial charge in [0.05, 0.1) is 7.11 Å². The van der Waals surface area contributed by atoms with E-state index in [0.717, 1.165) is 23.4 Å². The lowest BCUT2D eigenvalue weighted by Crippen LogP contribution is -2.17. The number of ether oxygens (including phenoxy) is 1. The molecule has 2 aromatic rings. The molecule has 0 saturated carbocycles. The summed E-state index contributed by atoms with van der Waals surface area (Å²) in [6, 6.07) is 13.1. The molecule has 2 aromatic carbocycles. The van der Waals surface area contributed by atoms with Crippen LogP contribution in [0.15, 0.2) is 42.5 Å². The minimum absolute atomic E-state index is 0.275. The summed E-state index contributed by atoms with van der Waals surface area (Å²) in [5.74, 6) is 1.12. The van der Waals surface area contributed by atoms with E-state index < -0.39 is 0 Å². The minimum Gasteiger partial charge on any atom is -0.508 e.